The molecule has 2 rings (SSSR count). The summed E-state index contributed by atoms with van der Waals surface area (Å²) in [6.07, 6.45) is 3.72. The molecule has 0 atom stereocenters. The minimum absolute atomic E-state index is 0.280. The molecule has 7 heteroatoms. The van der Waals surface area contributed by atoms with Crippen LogP contribution in [0.4, 0.5) is 0 Å². The molecule has 20 heavy (non-hydrogen) atoms. The number of esters is 1. The zero-order valence-electron chi connectivity index (χ0n) is 11.0. The van der Waals surface area contributed by atoms with E-state index in [1.165, 1.54) is 22.0 Å². The van der Waals surface area contributed by atoms with Gasteiger partial charge in [-0.2, -0.15) is 5.10 Å². The van der Waals surface area contributed by atoms with Crippen molar-refractivity contribution in [2.75, 3.05) is 13.2 Å². The normalized spacial score (nSPS) is 10.2. The van der Waals surface area contributed by atoms with E-state index in [-0.39, 0.29) is 12.5 Å². The molecule has 0 saturated carbocycles. The highest BCUT2D eigenvalue weighted by molar-refractivity contribution is 7.09. The van der Waals surface area contributed by atoms with Crippen LogP contribution in [0.3, 0.4) is 0 Å². The fourth-order valence-electron chi connectivity index (χ4n) is 1.57. The topological polar surface area (TPSA) is 73.2 Å². The molecule has 0 aliphatic carbocycles. The first-order valence-electron chi connectivity index (χ1n) is 6.10. The Balaban J connectivity index is 1.66. The summed E-state index contributed by atoms with van der Waals surface area (Å²) in [5.41, 5.74) is 0.332. The maximum Gasteiger partial charge on any atom is 0.341 e. The van der Waals surface area contributed by atoms with Crippen molar-refractivity contribution in [3.05, 3.63) is 40.3 Å². The SMILES string of the molecule is Cn1cc(C(=O)OCC(=O)NCCc2cccs2)cn1. The molecule has 1 N–H and O–H groups in total. The Bertz CT molecular complexity index is 577. The lowest BCUT2D eigenvalue weighted by atomic mass is 10.3. The number of amides is 1. The highest BCUT2D eigenvalue weighted by Crippen LogP contribution is 2.08. The summed E-state index contributed by atoms with van der Waals surface area (Å²) in [5.74, 6) is -0.856. The van der Waals surface area contributed by atoms with Gasteiger partial charge in [0, 0.05) is 24.7 Å². The first-order chi connectivity index (χ1) is 9.65. The molecule has 0 aliphatic heterocycles. The zero-order valence-corrected chi connectivity index (χ0v) is 11.9. The lowest BCUT2D eigenvalue weighted by molar-refractivity contribution is -0.124. The molecule has 0 saturated heterocycles. The van der Waals surface area contributed by atoms with Gasteiger partial charge in [-0.3, -0.25) is 9.48 Å². The summed E-state index contributed by atoms with van der Waals surface area (Å²) >= 11 is 1.65. The number of rotatable bonds is 6. The molecule has 2 heterocycles. The number of aromatic nitrogens is 2. The van der Waals surface area contributed by atoms with Crippen molar-refractivity contribution >= 4 is 23.2 Å². The summed E-state index contributed by atoms with van der Waals surface area (Å²) in [6.45, 7) is 0.252. The number of carbonyl (C=O) groups is 2. The third-order valence-corrected chi connectivity index (χ3v) is 3.48. The Morgan fingerprint density at radius 1 is 1.50 bits per heavy atom. The van der Waals surface area contributed by atoms with Gasteiger partial charge >= 0.3 is 5.97 Å². The zero-order chi connectivity index (χ0) is 14.4. The standard InChI is InChI=1S/C13H15N3O3S/c1-16-8-10(7-15-16)13(18)19-9-12(17)14-5-4-11-3-2-6-20-11/h2-3,6-8H,4-5,9H2,1H3,(H,14,17). The fraction of sp³-hybridized carbons (Fsp3) is 0.308. The predicted octanol–water partition coefficient (Wildman–Crippen LogP) is 0.997. The van der Waals surface area contributed by atoms with Crippen molar-refractivity contribution in [2.24, 2.45) is 7.05 Å². The predicted molar refractivity (Wildman–Crippen MR) is 74.5 cm³/mol. The number of nitrogens with one attached hydrogen (secondary N) is 1. The molecule has 2 aromatic heterocycles. The number of hydrogen-bond donors (Lipinski definition) is 1. The number of carbonyl (C=O) groups excluding carboxylic acids is 2. The monoisotopic (exact) mass is 293 g/mol. The summed E-state index contributed by atoms with van der Waals surface area (Å²) in [6, 6.07) is 3.98. The lowest BCUT2D eigenvalue weighted by Crippen LogP contribution is -2.30. The lowest BCUT2D eigenvalue weighted by Gasteiger charge is -2.05. The molecule has 106 valence electrons. The highest BCUT2D eigenvalue weighted by atomic mass is 32.1. The van der Waals surface area contributed by atoms with Crippen LogP contribution in [-0.2, 0) is 23.0 Å². The molecular formula is C13H15N3O3S. The summed E-state index contributed by atoms with van der Waals surface area (Å²) < 4.78 is 6.39. The molecule has 0 aliphatic rings. The number of nitrogens with zero attached hydrogens (tertiary/aromatic N) is 2. The smallest absolute Gasteiger partial charge is 0.341 e. The average Bonchev–Trinajstić information content (AvgIpc) is 3.07. The fourth-order valence-corrected chi connectivity index (χ4v) is 2.28. The molecule has 6 nitrogen and oxygen atoms in total. The van der Waals surface area contributed by atoms with Crippen LogP contribution >= 0.6 is 11.3 Å². The third-order valence-electron chi connectivity index (χ3n) is 2.55. The Kier molecular flexibility index (Phi) is 4.89. The Morgan fingerprint density at radius 2 is 2.35 bits per heavy atom. The van der Waals surface area contributed by atoms with Gasteiger partial charge in [-0.1, -0.05) is 6.07 Å². The largest absolute Gasteiger partial charge is 0.452 e. The van der Waals surface area contributed by atoms with Gasteiger partial charge < -0.3 is 10.1 Å². The van der Waals surface area contributed by atoms with Crippen LogP contribution in [0.5, 0.6) is 0 Å². The van der Waals surface area contributed by atoms with Crippen LogP contribution in [0.25, 0.3) is 0 Å². The number of hydrogen-bond acceptors (Lipinski definition) is 5. The molecular weight excluding hydrogens is 278 g/mol. The molecule has 0 bridgehead atoms. The second-order valence-electron chi connectivity index (χ2n) is 4.16. The Morgan fingerprint density at radius 3 is 3.00 bits per heavy atom. The van der Waals surface area contributed by atoms with Crippen LogP contribution in [0, 0.1) is 0 Å². The van der Waals surface area contributed by atoms with Crippen LogP contribution in [0.2, 0.25) is 0 Å². The molecule has 2 aromatic rings. The molecule has 1 amide bonds. The number of aryl methyl sites for hydroxylation is 1. The van der Waals surface area contributed by atoms with E-state index in [2.05, 4.69) is 10.4 Å². The van der Waals surface area contributed by atoms with E-state index < -0.39 is 5.97 Å². The van der Waals surface area contributed by atoms with E-state index in [0.717, 1.165) is 6.42 Å². The van der Waals surface area contributed by atoms with Gasteiger partial charge in [0.05, 0.1) is 11.8 Å². The van der Waals surface area contributed by atoms with Crippen molar-refractivity contribution < 1.29 is 14.3 Å². The van der Waals surface area contributed by atoms with E-state index in [0.29, 0.717) is 12.1 Å². The molecule has 0 fully saturated rings. The second kappa shape index (κ2) is 6.85. The summed E-state index contributed by atoms with van der Waals surface area (Å²) in [5, 5.41) is 8.55. The first kappa shape index (κ1) is 14.3. The van der Waals surface area contributed by atoms with Crippen molar-refractivity contribution in [3.8, 4) is 0 Å². The van der Waals surface area contributed by atoms with E-state index >= 15 is 0 Å². The van der Waals surface area contributed by atoms with Crippen LogP contribution in [0.15, 0.2) is 29.9 Å². The van der Waals surface area contributed by atoms with Crippen LogP contribution in [0.1, 0.15) is 15.2 Å². The second-order valence-corrected chi connectivity index (χ2v) is 5.19. The van der Waals surface area contributed by atoms with Crippen molar-refractivity contribution in [2.45, 2.75) is 6.42 Å². The van der Waals surface area contributed by atoms with Gasteiger partial charge in [-0.15, -0.1) is 11.3 Å². The highest BCUT2D eigenvalue weighted by Gasteiger charge is 2.11. The van der Waals surface area contributed by atoms with Gasteiger partial charge in [-0.25, -0.2) is 4.79 Å². The average molecular weight is 293 g/mol. The van der Waals surface area contributed by atoms with E-state index in [1.54, 1.807) is 18.4 Å². The van der Waals surface area contributed by atoms with E-state index in [1.807, 2.05) is 17.5 Å². The van der Waals surface area contributed by atoms with Gasteiger partial charge in [0.1, 0.15) is 0 Å². The number of ether oxygens (including phenoxy) is 1. The molecule has 0 unspecified atom stereocenters. The van der Waals surface area contributed by atoms with Crippen molar-refractivity contribution in [1.29, 1.82) is 0 Å². The maximum absolute atomic E-state index is 11.6. The van der Waals surface area contributed by atoms with Gasteiger partial charge in [0.25, 0.3) is 5.91 Å². The molecule has 0 radical (unpaired) electrons. The molecule has 0 spiro atoms. The third kappa shape index (κ3) is 4.20. The van der Waals surface area contributed by atoms with E-state index in [9.17, 15) is 9.59 Å². The number of thiophene rings is 1. The first-order valence-corrected chi connectivity index (χ1v) is 6.98. The van der Waals surface area contributed by atoms with Gasteiger partial charge in [0.2, 0.25) is 0 Å². The van der Waals surface area contributed by atoms with Crippen molar-refractivity contribution in [1.82, 2.24) is 15.1 Å². The minimum atomic E-state index is -0.550. The minimum Gasteiger partial charge on any atom is -0.452 e. The quantitative estimate of drug-likeness (QED) is 0.806. The van der Waals surface area contributed by atoms with Crippen LogP contribution < -0.4 is 5.32 Å². The molecule has 0 aromatic carbocycles. The van der Waals surface area contributed by atoms with Gasteiger partial charge in [-0.05, 0) is 17.9 Å². The maximum atomic E-state index is 11.6. The van der Waals surface area contributed by atoms with Gasteiger partial charge in [0.15, 0.2) is 6.61 Å². The summed E-state index contributed by atoms with van der Waals surface area (Å²) in [4.78, 5) is 24.3. The van der Waals surface area contributed by atoms with E-state index in [4.69, 9.17) is 4.74 Å². The summed E-state index contributed by atoms with van der Waals surface area (Å²) in [7, 11) is 1.70. The Labute approximate surface area is 120 Å². The Hall–Kier alpha value is -2.15. The van der Waals surface area contributed by atoms with Crippen LogP contribution in [-0.4, -0.2) is 34.8 Å². The van der Waals surface area contributed by atoms with Crippen molar-refractivity contribution in [3.63, 3.8) is 0 Å².